The van der Waals surface area contributed by atoms with E-state index in [-0.39, 0.29) is 5.56 Å². The van der Waals surface area contributed by atoms with Crippen molar-refractivity contribution in [2.45, 2.75) is 38.8 Å². The quantitative estimate of drug-likeness (QED) is 0.427. The maximum atomic E-state index is 14.2. The number of rotatable bonds is 5. The van der Waals surface area contributed by atoms with Crippen molar-refractivity contribution in [3.63, 3.8) is 0 Å². The molecule has 0 radical (unpaired) electrons. The van der Waals surface area contributed by atoms with E-state index in [2.05, 4.69) is 0 Å². The molecule has 130 valence electrons. The Morgan fingerprint density at radius 1 is 0.833 bits per heavy atom. The summed E-state index contributed by atoms with van der Waals surface area (Å²) < 4.78 is 79.7. The van der Waals surface area contributed by atoms with Crippen LogP contribution in [0.5, 0.6) is 0 Å². The molecule has 0 saturated heterocycles. The molecular formula is C18H16F6. The predicted octanol–water partition coefficient (Wildman–Crippen LogP) is 6.52. The van der Waals surface area contributed by atoms with E-state index < -0.39 is 34.8 Å². The summed E-state index contributed by atoms with van der Waals surface area (Å²) in [5, 5.41) is 0. The highest BCUT2D eigenvalue weighted by atomic mass is 19.4. The van der Waals surface area contributed by atoms with E-state index in [1.54, 1.807) is 0 Å². The minimum Gasteiger partial charge on any atom is -0.206 e. The van der Waals surface area contributed by atoms with Crippen LogP contribution in [0.25, 0.3) is 11.1 Å². The molecule has 0 N–H and O–H groups in total. The van der Waals surface area contributed by atoms with E-state index in [1.807, 2.05) is 6.92 Å². The van der Waals surface area contributed by atoms with E-state index >= 15 is 0 Å². The van der Waals surface area contributed by atoms with Crippen LogP contribution in [0.15, 0.2) is 30.3 Å². The standard InChI is InChI=1S/C18H16F6/c1-2-3-4-5-11-8-15(20)17(16(21)9-11)12-6-7-13(14(19)10-12)18(22,23)24/h6-10H,2-5H2,1H3. The fourth-order valence-electron chi connectivity index (χ4n) is 2.53. The zero-order valence-electron chi connectivity index (χ0n) is 13.0. The third kappa shape index (κ3) is 4.10. The van der Waals surface area contributed by atoms with Gasteiger partial charge in [0.15, 0.2) is 0 Å². The molecule has 0 aromatic heterocycles. The van der Waals surface area contributed by atoms with Crippen molar-refractivity contribution < 1.29 is 26.3 Å². The molecular weight excluding hydrogens is 330 g/mol. The van der Waals surface area contributed by atoms with Crippen LogP contribution in [0.2, 0.25) is 0 Å². The fourth-order valence-corrected chi connectivity index (χ4v) is 2.53. The maximum absolute atomic E-state index is 14.2. The second-order valence-corrected chi connectivity index (χ2v) is 5.58. The van der Waals surface area contributed by atoms with Gasteiger partial charge in [-0.25, -0.2) is 13.2 Å². The summed E-state index contributed by atoms with van der Waals surface area (Å²) in [6.45, 7) is 2.00. The summed E-state index contributed by atoms with van der Waals surface area (Å²) in [6, 6.07) is 4.14. The van der Waals surface area contributed by atoms with Crippen molar-refractivity contribution in [1.29, 1.82) is 0 Å². The van der Waals surface area contributed by atoms with Crippen LogP contribution in [0.1, 0.15) is 37.3 Å². The Morgan fingerprint density at radius 2 is 1.46 bits per heavy atom. The number of hydrogen-bond donors (Lipinski definition) is 0. The second-order valence-electron chi connectivity index (χ2n) is 5.58. The Kier molecular flexibility index (Phi) is 5.57. The Bertz CT molecular complexity index is 695. The second kappa shape index (κ2) is 7.28. The molecule has 0 heterocycles. The summed E-state index contributed by atoms with van der Waals surface area (Å²) in [5.41, 5.74) is -1.80. The number of hydrogen-bond acceptors (Lipinski definition) is 0. The topological polar surface area (TPSA) is 0 Å². The molecule has 0 fully saturated rings. The van der Waals surface area contributed by atoms with Gasteiger partial charge in [-0.05, 0) is 48.2 Å². The van der Waals surface area contributed by atoms with Crippen molar-refractivity contribution in [3.8, 4) is 11.1 Å². The molecule has 2 rings (SSSR count). The van der Waals surface area contributed by atoms with E-state index in [9.17, 15) is 26.3 Å². The summed E-state index contributed by atoms with van der Waals surface area (Å²) in [4.78, 5) is 0. The first-order chi connectivity index (χ1) is 11.2. The molecule has 0 bridgehead atoms. The zero-order chi connectivity index (χ0) is 17.9. The van der Waals surface area contributed by atoms with E-state index in [1.165, 1.54) is 0 Å². The van der Waals surface area contributed by atoms with Gasteiger partial charge in [-0.1, -0.05) is 25.8 Å². The number of alkyl halides is 3. The van der Waals surface area contributed by atoms with E-state index in [4.69, 9.17) is 0 Å². The van der Waals surface area contributed by atoms with Crippen LogP contribution >= 0.6 is 0 Å². The number of benzene rings is 2. The van der Waals surface area contributed by atoms with Crippen molar-refractivity contribution in [2.24, 2.45) is 0 Å². The third-order valence-corrected chi connectivity index (χ3v) is 3.73. The Morgan fingerprint density at radius 3 is 1.96 bits per heavy atom. The van der Waals surface area contributed by atoms with Gasteiger partial charge in [0.1, 0.15) is 17.5 Å². The zero-order valence-corrected chi connectivity index (χ0v) is 13.0. The first kappa shape index (κ1) is 18.4. The molecule has 24 heavy (non-hydrogen) atoms. The highest BCUT2D eigenvalue weighted by Crippen LogP contribution is 2.35. The lowest BCUT2D eigenvalue weighted by Crippen LogP contribution is -2.08. The Labute approximate surface area is 136 Å². The first-order valence-electron chi connectivity index (χ1n) is 7.59. The molecule has 0 aliphatic heterocycles. The molecule has 0 saturated carbocycles. The maximum Gasteiger partial charge on any atom is 0.419 e. The van der Waals surface area contributed by atoms with Gasteiger partial charge in [0.2, 0.25) is 0 Å². The van der Waals surface area contributed by atoms with E-state index in [0.717, 1.165) is 37.5 Å². The largest absolute Gasteiger partial charge is 0.419 e. The average Bonchev–Trinajstić information content (AvgIpc) is 2.45. The monoisotopic (exact) mass is 346 g/mol. The van der Waals surface area contributed by atoms with Crippen LogP contribution in [0, 0.1) is 17.5 Å². The Hall–Kier alpha value is -1.98. The molecule has 0 amide bonds. The third-order valence-electron chi connectivity index (χ3n) is 3.73. The molecule has 2 aromatic carbocycles. The molecule has 0 spiro atoms. The first-order valence-corrected chi connectivity index (χ1v) is 7.59. The van der Waals surface area contributed by atoms with Gasteiger partial charge in [0.05, 0.1) is 11.1 Å². The van der Waals surface area contributed by atoms with Gasteiger partial charge in [0, 0.05) is 0 Å². The lowest BCUT2D eigenvalue weighted by Gasteiger charge is -2.12. The minimum absolute atomic E-state index is 0.268. The Balaban J connectivity index is 2.37. The number of unbranched alkanes of at least 4 members (excludes halogenated alkanes) is 2. The summed E-state index contributed by atoms with van der Waals surface area (Å²) in [5.74, 6) is -3.40. The molecule has 0 nitrogen and oxygen atoms in total. The van der Waals surface area contributed by atoms with Crippen molar-refractivity contribution in [1.82, 2.24) is 0 Å². The normalized spacial score (nSPS) is 11.8. The predicted molar refractivity (Wildman–Crippen MR) is 80.0 cm³/mol. The summed E-state index contributed by atoms with van der Waals surface area (Å²) in [7, 11) is 0. The van der Waals surface area contributed by atoms with Crippen molar-refractivity contribution in [3.05, 3.63) is 58.9 Å². The van der Waals surface area contributed by atoms with Crippen LogP contribution < -0.4 is 0 Å². The summed E-state index contributed by atoms with van der Waals surface area (Å²) in [6.07, 6.45) is -1.68. The lowest BCUT2D eigenvalue weighted by molar-refractivity contribution is -0.139. The van der Waals surface area contributed by atoms with Crippen LogP contribution in [-0.2, 0) is 12.6 Å². The van der Waals surface area contributed by atoms with Gasteiger partial charge < -0.3 is 0 Å². The number of halogens is 6. The van der Waals surface area contributed by atoms with Crippen LogP contribution in [0.3, 0.4) is 0 Å². The highest BCUT2D eigenvalue weighted by molar-refractivity contribution is 5.66. The molecule has 6 heteroatoms. The number of aryl methyl sites for hydroxylation is 1. The SMILES string of the molecule is CCCCCc1cc(F)c(-c2ccc(C(F)(F)F)c(F)c2)c(F)c1. The van der Waals surface area contributed by atoms with Crippen molar-refractivity contribution in [2.75, 3.05) is 0 Å². The van der Waals surface area contributed by atoms with Crippen LogP contribution in [0.4, 0.5) is 26.3 Å². The van der Waals surface area contributed by atoms with Crippen LogP contribution in [-0.4, -0.2) is 0 Å². The van der Waals surface area contributed by atoms with Gasteiger partial charge >= 0.3 is 6.18 Å². The van der Waals surface area contributed by atoms with E-state index in [0.29, 0.717) is 24.1 Å². The minimum atomic E-state index is -4.86. The fraction of sp³-hybridized carbons (Fsp3) is 0.333. The molecule has 0 unspecified atom stereocenters. The lowest BCUT2D eigenvalue weighted by atomic mass is 9.98. The highest BCUT2D eigenvalue weighted by Gasteiger charge is 2.34. The molecule has 2 aromatic rings. The van der Waals surface area contributed by atoms with Gasteiger partial charge in [-0.15, -0.1) is 0 Å². The summed E-state index contributed by atoms with van der Waals surface area (Å²) >= 11 is 0. The molecule has 0 atom stereocenters. The van der Waals surface area contributed by atoms with Crippen molar-refractivity contribution >= 4 is 0 Å². The van der Waals surface area contributed by atoms with Gasteiger partial charge in [-0.2, -0.15) is 13.2 Å². The van der Waals surface area contributed by atoms with Gasteiger partial charge in [0.25, 0.3) is 0 Å². The molecule has 0 aliphatic carbocycles. The van der Waals surface area contributed by atoms with Gasteiger partial charge in [-0.3, -0.25) is 0 Å². The molecule has 0 aliphatic rings. The average molecular weight is 346 g/mol. The smallest absolute Gasteiger partial charge is 0.206 e.